The highest BCUT2D eigenvalue weighted by Crippen LogP contribution is 2.33. The molecule has 4 heteroatoms. The molecule has 1 aromatic carbocycles. The van der Waals surface area contributed by atoms with E-state index in [1.807, 2.05) is 18.3 Å². The summed E-state index contributed by atoms with van der Waals surface area (Å²) in [6.07, 6.45) is 2.79. The lowest BCUT2D eigenvalue weighted by molar-refractivity contribution is 0.649. The van der Waals surface area contributed by atoms with Gasteiger partial charge in [-0.05, 0) is 30.7 Å². The fourth-order valence-corrected chi connectivity index (χ4v) is 3.25. The second-order valence-electron chi connectivity index (χ2n) is 5.49. The van der Waals surface area contributed by atoms with E-state index in [9.17, 15) is 0 Å². The van der Waals surface area contributed by atoms with Crippen molar-refractivity contribution in [2.45, 2.75) is 25.8 Å². The molecule has 0 saturated heterocycles. The van der Waals surface area contributed by atoms with Crippen molar-refractivity contribution in [2.24, 2.45) is 0 Å². The van der Waals surface area contributed by atoms with Crippen LogP contribution in [0.3, 0.4) is 0 Å². The molecule has 106 valence electrons. The Morgan fingerprint density at radius 2 is 2.14 bits per heavy atom. The summed E-state index contributed by atoms with van der Waals surface area (Å²) in [6.45, 7) is 4.05. The van der Waals surface area contributed by atoms with Crippen LogP contribution in [0.15, 0.2) is 42.6 Å². The maximum absolute atomic E-state index is 4.79. The molecule has 1 aliphatic heterocycles. The topological polar surface area (TPSA) is 42.7 Å². The summed E-state index contributed by atoms with van der Waals surface area (Å²) in [5, 5.41) is 3.49. The first kappa shape index (κ1) is 12.4. The molecule has 21 heavy (non-hydrogen) atoms. The zero-order chi connectivity index (χ0) is 14.2. The van der Waals surface area contributed by atoms with Crippen LogP contribution in [0.2, 0.25) is 0 Å². The standard InChI is InChI=1S/C17H18N4/c1-2-21-16(20-15-8-5-9-18-17(15)21)10-12-11-19-14-7-4-3-6-13(12)14/h3-9,12,19H,2,10-11H2,1H3. The third-order valence-electron chi connectivity index (χ3n) is 4.27. The third-order valence-corrected chi connectivity index (χ3v) is 4.27. The molecule has 0 bridgehead atoms. The SMILES string of the molecule is CCn1c(CC2CNc3ccccc32)nc2cccnc21. The van der Waals surface area contributed by atoms with E-state index in [1.165, 1.54) is 11.3 Å². The fourth-order valence-electron chi connectivity index (χ4n) is 3.25. The number of nitrogens with one attached hydrogen (secondary N) is 1. The summed E-state index contributed by atoms with van der Waals surface area (Å²) >= 11 is 0. The number of imidazole rings is 1. The minimum atomic E-state index is 0.489. The van der Waals surface area contributed by atoms with Gasteiger partial charge in [-0.3, -0.25) is 0 Å². The number of fused-ring (bicyclic) bond motifs is 2. The van der Waals surface area contributed by atoms with Crippen LogP contribution in [0.4, 0.5) is 5.69 Å². The molecule has 1 atom stereocenters. The van der Waals surface area contributed by atoms with E-state index in [1.54, 1.807) is 0 Å². The van der Waals surface area contributed by atoms with Crippen molar-refractivity contribution >= 4 is 16.9 Å². The zero-order valence-electron chi connectivity index (χ0n) is 12.1. The number of pyridine rings is 1. The molecule has 1 N–H and O–H groups in total. The predicted octanol–water partition coefficient (Wildman–Crippen LogP) is 3.20. The van der Waals surface area contributed by atoms with Crippen LogP contribution in [0.5, 0.6) is 0 Å². The first-order valence-electron chi connectivity index (χ1n) is 7.49. The molecule has 1 unspecified atom stereocenters. The van der Waals surface area contributed by atoms with Gasteiger partial charge in [-0.2, -0.15) is 0 Å². The van der Waals surface area contributed by atoms with Crippen molar-refractivity contribution in [1.29, 1.82) is 0 Å². The first-order chi connectivity index (χ1) is 10.4. The van der Waals surface area contributed by atoms with Gasteiger partial charge in [-0.15, -0.1) is 0 Å². The summed E-state index contributed by atoms with van der Waals surface area (Å²) in [4.78, 5) is 9.27. The quantitative estimate of drug-likeness (QED) is 0.800. The Morgan fingerprint density at radius 1 is 1.24 bits per heavy atom. The number of aromatic nitrogens is 3. The van der Waals surface area contributed by atoms with Gasteiger partial charge in [0.2, 0.25) is 0 Å². The number of rotatable bonds is 3. The van der Waals surface area contributed by atoms with Gasteiger partial charge < -0.3 is 9.88 Å². The highest BCUT2D eigenvalue weighted by Gasteiger charge is 2.24. The average Bonchev–Trinajstić information content (AvgIpc) is 3.09. The van der Waals surface area contributed by atoms with Gasteiger partial charge in [0.25, 0.3) is 0 Å². The Kier molecular flexibility index (Phi) is 2.88. The van der Waals surface area contributed by atoms with E-state index in [-0.39, 0.29) is 0 Å². The lowest BCUT2D eigenvalue weighted by Gasteiger charge is -2.11. The van der Waals surface area contributed by atoms with Gasteiger partial charge in [0.15, 0.2) is 5.65 Å². The number of hydrogen-bond acceptors (Lipinski definition) is 3. The molecule has 0 fully saturated rings. The van der Waals surface area contributed by atoms with Gasteiger partial charge in [0.05, 0.1) is 0 Å². The molecule has 4 nitrogen and oxygen atoms in total. The molecule has 1 aliphatic rings. The van der Waals surface area contributed by atoms with Gasteiger partial charge in [0, 0.05) is 37.3 Å². The summed E-state index contributed by atoms with van der Waals surface area (Å²) in [5.41, 5.74) is 4.66. The Balaban J connectivity index is 1.72. The van der Waals surface area contributed by atoms with Crippen LogP contribution >= 0.6 is 0 Å². The van der Waals surface area contributed by atoms with Crippen molar-refractivity contribution in [3.05, 3.63) is 54.0 Å². The summed E-state index contributed by atoms with van der Waals surface area (Å²) in [7, 11) is 0. The van der Waals surface area contributed by atoms with Gasteiger partial charge in [-0.25, -0.2) is 9.97 Å². The van der Waals surface area contributed by atoms with Crippen LogP contribution in [-0.2, 0) is 13.0 Å². The Bertz CT molecular complexity index is 790. The molecule has 0 radical (unpaired) electrons. The average molecular weight is 278 g/mol. The first-order valence-corrected chi connectivity index (χ1v) is 7.49. The Hall–Kier alpha value is -2.36. The van der Waals surface area contributed by atoms with Crippen molar-refractivity contribution in [3.63, 3.8) is 0 Å². The number of para-hydroxylation sites is 1. The molecule has 0 spiro atoms. The molecular formula is C17H18N4. The van der Waals surface area contributed by atoms with Crippen LogP contribution in [0.25, 0.3) is 11.2 Å². The molecule has 0 amide bonds. The second kappa shape index (κ2) is 4.88. The highest BCUT2D eigenvalue weighted by atomic mass is 15.1. The Labute approximate surface area is 123 Å². The lowest BCUT2D eigenvalue weighted by Crippen LogP contribution is -2.10. The predicted molar refractivity (Wildman–Crippen MR) is 84.6 cm³/mol. The van der Waals surface area contributed by atoms with Crippen LogP contribution in [0, 0.1) is 0 Å². The van der Waals surface area contributed by atoms with Crippen molar-refractivity contribution in [2.75, 3.05) is 11.9 Å². The van der Waals surface area contributed by atoms with Crippen molar-refractivity contribution in [1.82, 2.24) is 14.5 Å². The molecule has 4 rings (SSSR count). The smallest absolute Gasteiger partial charge is 0.159 e. The molecule has 3 aromatic rings. The maximum atomic E-state index is 4.79. The molecule has 2 aromatic heterocycles. The van der Waals surface area contributed by atoms with E-state index in [0.717, 1.165) is 36.5 Å². The number of anilines is 1. The molecular weight excluding hydrogens is 260 g/mol. The second-order valence-corrected chi connectivity index (χ2v) is 5.49. The van der Waals surface area contributed by atoms with Crippen molar-refractivity contribution < 1.29 is 0 Å². The summed E-state index contributed by atoms with van der Waals surface area (Å²) in [6, 6.07) is 12.6. The minimum Gasteiger partial charge on any atom is -0.384 e. The minimum absolute atomic E-state index is 0.489. The largest absolute Gasteiger partial charge is 0.384 e. The van der Waals surface area contributed by atoms with E-state index in [4.69, 9.17) is 4.98 Å². The zero-order valence-corrected chi connectivity index (χ0v) is 12.1. The summed E-state index contributed by atoms with van der Waals surface area (Å²) < 4.78 is 2.23. The van der Waals surface area contributed by atoms with E-state index in [2.05, 4.69) is 46.1 Å². The fraction of sp³-hybridized carbons (Fsp3) is 0.294. The summed E-state index contributed by atoms with van der Waals surface area (Å²) in [5.74, 6) is 1.62. The third kappa shape index (κ3) is 1.98. The number of nitrogens with zero attached hydrogens (tertiary/aromatic N) is 3. The van der Waals surface area contributed by atoms with Crippen LogP contribution in [0.1, 0.15) is 24.2 Å². The van der Waals surface area contributed by atoms with Crippen LogP contribution < -0.4 is 5.32 Å². The van der Waals surface area contributed by atoms with Crippen LogP contribution in [-0.4, -0.2) is 21.1 Å². The van der Waals surface area contributed by atoms with Gasteiger partial charge in [0.1, 0.15) is 11.3 Å². The van der Waals surface area contributed by atoms with Crippen molar-refractivity contribution in [3.8, 4) is 0 Å². The highest BCUT2D eigenvalue weighted by molar-refractivity contribution is 5.71. The molecule has 0 aliphatic carbocycles. The number of aryl methyl sites for hydroxylation is 1. The monoisotopic (exact) mass is 278 g/mol. The number of hydrogen-bond donors (Lipinski definition) is 1. The normalized spacial score (nSPS) is 16.9. The van der Waals surface area contributed by atoms with E-state index >= 15 is 0 Å². The van der Waals surface area contributed by atoms with E-state index in [0.29, 0.717) is 5.92 Å². The molecule has 3 heterocycles. The van der Waals surface area contributed by atoms with Gasteiger partial charge >= 0.3 is 0 Å². The van der Waals surface area contributed by atoms with Gasteiger partial charge in [-0.1, -0.05) is 18.2 Å². The molecule has 0 saturated carbocycles. The lowest BCUT2D eigenvalue weighted by atomic mass is 9.97. The number of benzene rings is 1. The van der Waals surface area contributed by atoms with E-state index < -0.39 is 0 Å². The Morgan fingerprint density at radius 3 is 3.05 bits per heavy atom. The maximum Gasteiger partial charge on any atom is 0.159 e.